The normalized spacial score (nSPS) is 12.0. The summed E-state index contributed by atoms with van der Waals surface area (Å²) in [5.74, 6) is 0.922. The third-order valence-electron chi connectivity index (χ3n) is 4.78. The Labute approximate surface area is 165 Å². The molecule has 0 saturated heterocycles. The highest BCUT2D eigenvalue weighted by molar-refractivity contribution is 7.78. The van der Waals surface area contributed by atoms with E-state index in [0.717, 1.165) is 5.56 Å². The second kappa shape index (κ2) is 8.78. The van der Waals surface area contributed by atoms with Crippen LogP contribution in [0.4, 0.5) is 0 Å². The number of methoxy groups -OCH3 is 2. The molecule has 28 heavy (non-hydrogen) atoms. The predicted octanol–water partition coefficient (Wildman–Crippen LogP) is 4.33. The lowest BCUT2D eigenvalue weighted by molar-refractivity contribution is 0.415. The Morgan fingerprint density at radius 3 is 1.68 bits per heavy atom. The van der Waals surface area contributed by atoms with Crippen LogP contribution in [0.5, 0.6) is 11.5 Å². The summed E-state index contributed by atoms with van der Waals surface area (Å²) in [6.45, 7) is 0. The van der Waals surface area contributed by atoms with E-state index in [0.29, 0.717) is 22.1 Å². The van der Waals surface area contributed by atoms with Crippen molar-refractivity contribution < 1.29 is 14.0 Å². The molecule has 0 saturated carbocycles. The highest BCUT2D eigenvalue weighted by Crippen LogP contribution is 2.47. The van der Waals surface area contributed by atoms with E-state index in [1.807, 2.05) is 54.6 Å². The molecular weight excluding hydrogens is 369 g/mol. The molecule has 3 aromatic rings. The van der Waals surface area contributed by atoms with Crippen molar-refractivity contribution in [3.8, 4) is 17.6 Å². The molecule has 0 spiro atoms. The highest BCUT2D eigenvalue weighted by atomic mass is 31.2. The van der Waals surface area contributed by atoms with Crippen molar-refractivity contribution in [1.29, 1.82) is 5.26 Å². The fraction of sp³-hybridized carbons (Fsp3) is 0.174. The number of ether oxygens (including phenoxy) is 2. The summed E-state index contributed by atoms with van der Waals surface area (Å²) in [6, 6.07) is 26.3. The number of benzene rings is 3. The second-order valence-electron chi connectivity index (χ2n) is 6.41. The third-order valence-corrected chi connectivity index (χ3v) is 7.92. The molecule has 0 heterocycles. The molecule has 0 aromatic heterocycles. The van der Waals surface area contributed by atoms with Gasteiger partial charge in [-0.15, -0.1) is 0 Å². The van der Waals surface area contributed by atoms with Gasteiger partial charge in [-0.2, -0.15) is 5.26 Å². The zero-order valence-corrected chi connectivity index (χ0v) is 16.8. The van der Waals surface area contributed by atoms with Gasteiger partial charge < -0.3 is 14.0 Å². The number of nitriles is 1. The molecule has 0 aliphatic carbocycles. The zero-order valence-electron chi connectivity index (χ0n) is 15.9. The van der Waals surface area contributed by atoms with E-state index in [-0.39, 0.29) is 6.16 Å². The highest BCUT2D eigenvalue weighted by Gasteiger charge is 2.31. The Kier molecular flexibility index (Phi) is 6.19. The first-order valence-electron chi connectivity index (χ1n) is 8.93. The molecule has 1 atom stereocenters. The molecule has 0 bridgehead atoms. The molecule has 0 aliphatic rings. The first-order valence-corrected chi connectivity index (χ1v) is 10.8. The minimum absolute atomic E-state index is 0.228. The smallest absolute Gasteiger partial charge is 0.144 e. The lowest BCUT2D eigenvalue weighted by atomic mass is 10.0. The third kappa shape index (κ3) is 4.11. The molecule has 0 fully saturated rings. The van der Waals surface area contributed by atoms with Crippen molar-refractivity contribution in [1.82, 2.24) is 0 Å². The minimum atomic E-state index is -3.06. The summed E-state index contributed by atoms with van der Waals surface area (Å²) < 4.78 is 24.8. The zero-order chi connectivity index (χ0) is 20.0. The Morgan fingerprint density at radius 1 is 0.821 bits per heavy atom. The summed E-state index contributed by atoms with van der Waals surface area (Å²) >= 11 is 0. The summed E-state index contributed by atoms with van der Waals surface area (Å²) in [4.78, 5) is 0. The predicted molar refractivity (Wildman–Crippen MR) is 113 cm³/mol. The van der Waals surface area contributed by atoms with Crippen molar-refractivity contribution in [2.45, 2.75) is 5.92 Å². The molecule has 3 aromatic carbocycles. The van der Waals surface area contributed by atoms with Crippen LogP contribution >= 0.6 is 7.14 Å². The van der Waals surface area contributed by atoms with Gasteiger partial charge in [-0.1, -0.05) is 30.3 Å². The van der Waals surface area contributed by atoms with Gasteiger partial charge in [0.15, 0.2) is 0 Å². The van der Waals surface area contributed by atoms with Crippen molar-refractivity contribution >= 4 is 17.8 Å². The largest absolute Gasteiger partial charge is 0.497 e. The summed E-state index contributed by atoms with van der Waals surface area (Å²) in [6.07, 6.45) is 0.228. The van der Waals surface area contributed by atoms with Crippen LogP contribution in [-0.2, 0) is 4.57 Å². The SMILES string of the molecule is COc1ccc(P(=O)(CC(C#N)c2ccccc2)c2ccc(OC)cc2)cc1. The fourth-order valence-electron chi connectivity index (χ4n) is 3.17. The molecule has 1 unspecified atom stereocenters. The molecule has 142 valence electrons. The van der Waals surface area contributed by atoms with E-state index in [2.05, 4.69) is 6.07 Å². The first-order chi connectivity index (χ1) is 13.6. The van der Waals surface area contributed by atoms with Gasteiger partial charge in [0.05, 0.1) is 26.2 Å². The lowest BCUT2D eigenvalue weighted by Gasteiger charge is -2.22. The van der Waals surface area contributed by atoms with Gasteiger partial charge in [-0.25, -0.2) is 0 Å². The van der Waals surface area contributed by atoms with Crippen LogP contribution in [0.25, 0.3) is 0 Å². The maximum atomic E-state index is 14.3. The van der Waals surface area contributed by atoms with Gasteiger partial charge in [-0.3, -0.25) is 0 Å². The molecular formula is C23H22NO3P. The summed E-state index contributed by atoms with van der Waals surface area (Å²) in [5, 5.41) is 11.2. The number of hydrogen-bond donors (Lipinski definition) is 0. The first kappa shape index (κ1) is 19.7. The van der Waals surface area contributed by atoms with Crippen LogP contribution in [0.3, 0.4) is 0 Å². The van der Waals surface area contributed by atoms with E-state index in [4.69, 9.17) is 9.47 Å². The Balaban J connectivity index is 2.07. The van der Waals surface area contributed by atoms with E-state index in [1.165, 1.54) is 0 Å². The monoisotopic (exact) mass is 391 g/mol. The Hall–Kier alpha value is -3.02. The number of hydrogen-bond acceptors (Lipinski definition) is 4. The molecule has 5 heteroatoms. The summed E-state index contributed by atoms with van der Waals surface area (Å²) in [7, 11) is 0.136. The number of nitrogens with zero attached hydrogens (tertiary/aromatic N) is 1. The van der Waals surface area contributed by atoms with Crippen molar-refractivity contribution in [3.05, 3.63) is 84.4 Å². The van der Waals surface area contributed by atoms with Gasteiger partial charge >= 0.3 is 0 Å². The minimum Gasteiger partial charge on any atom is -0.497 e. The van der Waals surface area contributed by atoms with Crippen LogP contribution in [0.15, 0.2) is 78.9 Å². The van der Waals surface area contributed by atoms with E-state index in [1.54, 1.807) is 38.5 Å². The van der Waals surface area contributed by atoms with Crippen LogP contribution in [0.1, 0.15) is 11.5 Å². The van der Waals surface area contributed by atoms with Crippen LogP contribution in [0.2, 0.25) is 0 Å². The standard InChI is InChI=1S/C23H22NO3P/c1-26-20-8-12-22(13-9-20)28(25,23-14-10-21(27-2)11-15-23)17-19(16-24)18-6-4-3-5-7-18/h3-15,19H,17H2,1-2H3. The fourth-order valence-corrected chi connectivity index (χ4v) is 5.96. The molecule has 0 amide bonds. The maximum Gasteiger partial charge on any atom is 0.144 e. The van der Waals surface area contributed by atoms with Gasteiger partial charge in [0.25, 0.3) is 0 Å². The average Bonchev–Trinajstić information content (AvgIpc) is 2.78. The van der Waals surface area contributed by atoms with Gasteiger partial charge in [0.1, 0.15) is 18.6 Å². The van der Waals surface area contributed by atoms with Gasteiger partial charge in [-0.05, 0) is 54.1 Å². The van der Waals surface area contributed by atoms with Gasteiger partial charge in [0, 0.05) is 16.8 Å². The average molecular weight is 391 g/mol. The van der Waals surface area contributed by atoms with Gasteiger partial charge in [0.2, 0.25) is 0 Å². The van der Waals surface area contributed by atoms with Crippen LogP contribution in [0, 0.1) is 11.3 Å². The van der Waals surface area contributed by atoms with Crippen molar-refractivity contribution in [2.75, 3.05) is 20.4 Å². The quantitative estimate of drug-likeness (QED) is 0.563. The molecule has 4 nitrogen and oxygen atoms in total. The Morgan fingerprint density at radius 2 is 1.29 bits per heavy atom. The molecule has 0 aliphatic heterocycles. The topological polar surface area (TPSA) is 59.3 Å². The summed E-state index contributed by atoms with van der Waals surface area (Å²) in [5.41, 5.74) is 0.868. The van der Waals surface area contributed by atoms with E-state index < -0.39 is 13.1 Å². The maximum absolute atomic E-state index is 14.3. The second-order valence-corrected chi connectivity index (χ2v) is 9.29. The van der Waals surface area contributed by atoms with Crippen LogP contribution in [-0.4, -0.2) is 20.4 Å². The molecule has 0 radical (unpaired) electrons. The Bertz CT molecular complexity index is 941. The van der Waals surface area contributed by atoms with E-state index >= 15 is 0 Å². The van der Waals surface area contributed by atoms with Crippen LogP contribution < -0.4 is 20.1 Å². The lowest BCUT2D eigenvalue weighted by Crippen LogP contribution is -2.21. The van der Waals surface area contributed by atoms with Crippen molar-refractivity contribution in [3.63, 3.8) is 0 Å². The number of rotatable bonds is 7. The molecule has 0 N–H and O–H groups in total. The van der Waals surface area contributed by atoms with E-state index in [9.17, 15) is 9.83 Å². The van der Waals surface area contributed by atoms with Crippen molar-refractivity contribution in [2.24, 2.45) is 0 Å². The molecule has 3 rings (SSSR count).